The van der Waals surface area contributed by atoms with Crippen molar-refractivity contribution in [2.75, 3.05) is 25.1 Å². The van der Waals surface area contributed by atoms with E-state index in [4.69, 9.17) is 0 Å². The minimum atomic E-state index is -0.0220. The molecule has 0 aliphatic carbocycles. The number of rotatable bonds is 6. The van der Waals surface area contributed by atoms with Gasteiger partial charge in [0.1, 0.15) is 5.82 Å². The molecular weight excluding hydrogens is 326 g/mol. The number of fused-ring (bicyclic) bond motifs is 1. The summed E-state index contributed by atoms with van der Waals surface area (Å²) in [7, 11) is 0. The number of H-pyrrole nitrogens is 1. The summed E-state index contributed by atoms with van der Waals surface area (Å²) in [5, 5.41) is 1.32. The van der Waals surface area contributed by atoms with Crippen LogP contribution < -0.4 is 10.9 Å². The number of likely N-dealkylation sites (tertiary alicyclic amines) is 1. The molecule has 1 unspecified atom stereocenters. The number of hydrogen-bond acceptors (Lipinski definition) is 4. The summed E-state index contributed by atoms with van der Waals surface area (Å²) >= 11 is 0. The molecule has 1 saturated heterocycles. The fourth-order valence-corrected chi connectivity index (χ4v) is 3.61. The third kappa shape index (κ3) is 3.70. The third-order valence-electron chi connectivity index (χ3n) is 4.98. The van der Waals surface area contributed by atoms with E-state index in [0.29, 0.717) is 18.2 Å². The standard InChI is InChI=1S/C20H23N5O/c26-20(24-23-19-7-3-4-10-21-19)9-12-25-11-8-15(14-25)17-13-22-18-6-2-1-5-16(17)18/h1-7,10,13,15,22H,8-9,11-12,14H2,(H,21,23)(H,24,26). The molecule has 0 radical (unpaired) electrons. The molecule has 1 fully saturated rings. The first-order chi connectivity index (χ1) is 12.8. The molecular formula is C20H23N5O. The number of pyridine rings is 1. The Kier molecular flexibility index (Phi) is 4.84. The molecule has 1 atom stereocenters. The van der Waals surface area contributed by atoms with Crippen molar-refractivity contribution in [1.29, 1.82) is 0 Å². The van der Waals surface area contributed by atoms with Crippen molar-refractivity contribution in [3.63, 3.8) is 0 Å². The average Bonchev–Trinajstić information content (AvgIpc) is 3.32. The maximum absolute atomic E-state index is 12.0. The van der Waals surface area contributed by atoms with E-state index < -0.39 is 0 Å². The topological polar surface area (TPSA) is 73.1 Å². The lowest BCUT2D eigenvalue weighted by Crippen LogP contribution is -2.33. The van der Waals surface area contributed by atoms with Gasteiger partial charge in [0.15, 0.2) is 0 Å². The van der Waals surface area contributed by atoms with Gasteiger partial charge < -0.3 is 9.88 Å². The first kappa shape index (κ1) is 16.6. The highest BCUT2D eigenvalue weighted by molar-refractivity contribution is 5.83. The fourth-order valence-electron chi connectivity index (χ4n) is 3.61. The fraction of sp³-hybridized carbons (Fsp3) is 0.300. The number of aromatic amines is 1. The van der Waals surface area contributed by atoms with Crippen molar-refractivity contribution in [3.05, 3.63) is 60.4 Å². The molecule has 6 heteroatoms. The Morgan fingerprint density at radius 3 is 3.00 bits per heavy atom. The lowest BCUT2D eigenvalue weighted by molar-refractivity contribution is -0.120. The SMILES string of the molecule is O=C(CCN1CCC(c2c[nH]c3ccccc23)C1)NNc1ccccn1. The highest BCUT2D eigenvalue weighted by Gasteiger charge is 2.25. The molecule has 2 aromatic heterocycles. The van der Waals surface area contributed by atoms with Crippen molar-refractivity contribution >= 4 is 22.6 Å². The van der Waals surface area contributed by atoms with Crippen LogP contribution in [-0.2, 0) is 4.79 Å². The van der Waals surface area contributed by atoms with Gasteiger partial charge in [-0.05, 0) is 42.6 Å². The van der Waals surface area contributed by atoms with E-state index >= 15 is 0 Å². The van der Waals surface area contributed by atoms with E-state index in [1.165, 1.54) is 16.5 Å². The zero-order chi connectivity index (χ0) is 17.8. The number of para-hydroxylation sites is 1. The smallest absolute Gasteiger partial charge is 0.239 e. The molecule has 1 aliphatic rings. The Hall–Kier alpha value is -2.86. The second-order valence-electron chi connectivity index (χ2n) is 6.71. The zero-order valence-electron chi connectivity index (χ0n) is 14.6. The summed E-state index contributed by atoms with van der Waals surface area (Å²) in [6.07, 6.45) is 5.43. The van der Waals surface area contributed by atoms with Gasteiger partial charge in [-0.25, -0.2) is 4.98 Å². The van der Waals surface area contributed by atoms with Crippen LogP contribution in [0.2, 0.25) is 0 Å². The van der Waals surface area contributed by atoms with Crippen LogP contribution in [0.5, 0.6) is 0 Å². The molecule has 1 aromatic carbocycles. The summed E-state index contributed by atoms with van der Waals surface area (Å²) in [6.45, 7) is 2.81. The molecule has 134 valence electrons. The van der Waals surface area contributed by atoms with E-state index in [1.807, 2.05) is 18.2 Å². The predicted molar refractivity (Wildman–Crippen MR) is 103 cm³/mol. The summed E-state index contributed by atoms with van der Waals surface area (Å²) in [6, 6.07) is 14.0. The van der Waals surface area contributed by atoms with Crippen LogP contribution in [0.1, 0.15) is 24.3 Å². The van der Waals surface area contributed by atoms with Gasteiger partial charge in [-0.2, -0.15) is 0 Å². The molecule has 6 nitrogen and oxygen atoms in total. The van der Waals surface area contributed by atoms with Crippen molar-refractivity contribution < 1.29 is 4.79 Å². The maximum Gasteiger partial charge on any atom is 0.239 e. The molecule has 3 heterocycles. The van der Waals surface area contributed by atoms with E-state index in [-0.39, 0.29) is 5.91 Å². The largest absolute Gasteiger partial charge is 0.361 e. The summed E-state index contributed by atoms with van der Waals surface area (Å²) in [4.78, 5) is 21.9. The lowest BCUT2D eigenvalue weighted by Gasteiger charge is -2.16. The Balaban J connectivity index is 1.26. The highest BCUT2D eigenvalue weighted by Crippen LogP contribution is 2.32. The summed E-state index contributed by atoms with van der Waals surface area (Å²) in [5.41, 5.74) is 8.13. The quantitative estimate of drug-likeness (QED) is 0.598. The van der Waals surface area contributed by atoms with Crippen LogP contribution in [0.3, 0.4) is 0 Å². The Morgan fingerprint density at radius 1 is 1.23 bits per heavy atom. The number of hydrazine groups is 1. The first-order valence-corrected chi connectivity index (χ1v) is 9.04. The van der Waals surface area contributed by atoms with Crippen LogP contribution >= 0.6 is 0 Å². The number of carbonyl (C=O) groups excluding carboxylic acids is 1. The number of anilines is 1. The number of amides is 1. The Labute approximate surface area is 152 Å². The molecule has 3 N–H and O–H groups in total. The lowest BCUT2D eigenvalue weighted by atomic mass is 9.98. The van der Waals surface area contributed by atoms with Crippen LogP contribution in [0, 0.1) is 0 Å². The van der Waals surface area contributed by atoms with Crippen molar-refractivity contribution in [2.24, 2.45) is 0 Å². The van der Waals surface area contributed by atoms with Crippen molar-refractivity contribution in [1.82, 2.24) is 20.3 Å². The highest BCUT2D eigenvalue weighted by atomic mass is 16.2. The van der Waals surface area contributed by atoms with Gasteiger partial charge >= 0.3 is 0 Å². The first-order valence-electron chi connectivity index (χ1n) is 9.04. The van der Waals surface area contributed by atoms with Crippen LogP contribution in [0.4, 0.5) is 5.82 Å². The van der Waals surface area contributed by atoms with Crippen molar-refractivity contribution in [3.8, 4) is 0 Å². The average molecular weight is 349 g/mol. The number of hydrogen-bond donors (Lipinski definition) is 3. The second kappa shape index (κ2) is 7.58. The van der Waals surface area contributed by atoms with Gasteiger partial charge in [-0.15, -0.1) is 0 Å². The van der Waals surface area contributed by atoms with E-state index in [9.17, 15) is 4.79 Å². The maximum atomic E-state index is 12.0. The van der Waals surface area contributed by atoms with Gasteiger partial charge in [-0.1, -0.05) is 24.3 Å². The molecule has 0 spiro atoms. The molecule has 4 rings (SSSR count). The number of carbonyl (C=O) groups is 1. The summed E-state index contributed by atoms with van der Waals surface area (Å²) in [5.74, 6) is 1.15. The van der Waals surface area contributed by atoms with Gasteiger partial charge in [0.05, 0.1) is 0 Å². The monoisotopic (exact) mass is 349 g/mol. The molecule has 26 heavy (non-hydrogen) atoms. The second-order valence-corrected chi connectivity index (χ2v) is 6.71. The van der Waals surface area contributed by atoms with E-state index in [0.717, 1.165) is 26.1 Å². The zero-order valence-corrected chi connectivity index (χ0v) is 14.6. The van der Waals surface area contributed by atoms with Gasteiger partial charge in [0, 0.05) is 42.8 Å². The van der Waals surface area contributed by atoms with Gasteiger partial charge in [0.2, 0.25) is 5.91 Å². The number of benzene rings is 1. The van der Waals surface area contributed by atoms with E-state index in [2.05, 4.69) is 56.2 Å². The molecule has 0 saturated carbocycles. The third-order valence-corrected chi connectivity index (χ3v) is 4.98. The van der Waals surface area contributed by atoms with Crippen molar-refractivity contribution in [2.45, 2.75) is 18.8 Å². The van der Waals surface area contributed by atoms with Crippen LogP contribution in [0.15, 0.2) is 54.9 Å². The predicted octanol–water partition coefficient (Wildman–Crippen LogP) is 2.89. The minimum Gasteiger partial charge on any atom is -0.361 e. The number of nitrogens with zero attached hydrogens (tertiary/aromatic N) is 2. The molecule has 1 aliphatic heterocycles. The summed E-state index contributed by atoms with van der Waals surface area (Å²) < 4.78 is 0. The molecule has 1 amide bonds. The Bertz CT molecular complexity index is 876. The minimum absolute atomic E-state index is 0.0220. The van der Waals surface area contributed by atoms with E-state index in [1.54, 1.807) is 6.20 Å². The molecule has 3 aromatic rings. The normalized spacial score (nSPS) is 17.5. The molecule has 0 bridgehead atoms. The number of aromatic nitrogens is 2. The number of nitrogens with one attached hydrogen (secondary N) is 3. The van der Waals surface area contributed by atoms with Crippen LogP contribution in [0.25, 0.3) is 10.9 Å². The Morgan fingerprint density at radius 2 is 2.12 bits per heavy atom. The van der Waals surface area contributed by atoms with Crippen LogP contribution in [-0.4, -0.2) is 40.4 Å². The van der Waals surface area contributed by atoms with Gasteiger partial charge in [0.25, 0.3) is 0 Å². The van der Waals surface area contributed by atoms with Gasteiger partial charge in [-0.3, -0.25) is 15.6 Å².